The fraction of sp³-hybridized carbons (Fsp3) is 0.300. The lowest BCUT2D eigenvalue weighted by Crippen LogP contribution is -2.43. The molecule has 0 spiro atoms. The molecule has 0 saturated carbocycles. The summed E-state index contributed by atoms with van der Waals surface area (Å²) in [5.74, 6) is 0. The Bertz CT molecular complexity index is 717. The summed E-state index contributed by atoms with van der Waals surface area (Å²) in [6, 6.07) is 15.1. The van der Waals surface area contributed by atoms with Crippen molar-refractivity contribution in [2.24, 2.45) is 0 Å². The summed E-state index contributed by atoms with van der Waals surface area (Å²) in [5, 5.41) is 3.39. The van der Waals surface area contributed by atoms with Crippen LogP contribution >= 0.6 is 31.9 Å². The van der Waals surface area contributed by atoms with Crippen LogP contribution < -0.4 is 5.32 Å². The van der Waals surface area contributed by atoms with Gasteiger partial charge in [-0.2, -0.15) is 0 Å². The molecule has 1 aliphatic heterocycles. The first-order valence-corrected chi connectivity index (χ1v) is 9.88. The van der Waals surface area contributed by atoms with Gasteiger partial charge in [0.25, 0.3) is 0 Å². The van der Waals surface area contributed by atoms with Crippen LogP contribution in [0, 0.1) is 0 Å². The average molecular weight is 450 g/mol. The van der Waals surface area contributed by atoms with Crippen molar-refractivity contribution >= 4 is 37.4 Å². The molecule has 2 nitrogen and oxygen atoms in total. The molecule has 1 heterocycles. The highest BCUT2D eigenvalue weighted by atomic mass is 79.9. The highest BCUT2D eigenvalue weighted by Gasteiger charge is 2.08. The van der Waals surface area contributed by atoms with Crippen LogP contribution in [-0.4, -0.2) is 37.6 Å². The summed E-state index contributed by atoms with van der Waals surface area (Å²) >= 11 is 7.15. The van der Waals surface area contributed by atoms with Gasteiger partial charge in [0.2, 0.25) is 0 Å². The Balaban J connectivity index is 1.71. The van der Waals surface area contributed by atoms with Crippen molar-refractivity contribution < 1.29 is 0 Å². The maximum atomic E-state index is 3.65. The van der Waals surface area contributed by atoms with E-state index in [4.69, 9.17) is 0 Å². The zero-order chi connectivity index (χ0) is 16.9. The number of rotatable bonds is 4. The fourth-order valence-electron chi connectivity index (χ4n) is 2.91. The van der Waals surface area contributed by atoms with E-state index in [1.165, 1.54) is 22.3 Å². The van der Waals surface area contributed by atoms with Crippen molar-refractivity contribution in [3.05, 3.63) is 63.0 Å². The second-order valence-electron chi connectivity index (χ2n) is 6.14. The molecule has 1 N–H and O–H groups in total. The highest BCUT2D eigenvalue weighted by Crippen LogP contribution is 2.31. The van der Waals surface area contributed by atoms with Crippen molar-refractivity contribution in [1.82, 2.24) is 10.2 Å². The van der Waals surface area contributed by atoms with Gasteiger partial charge in [-0.25, -0.2) is 0 Å². The van der Waals surface area contributed by atoms with Crippen molar-refractivity contribution in [3.8, 4) is 11.1 Å². The predicted molar refractivity (Wildman–Crippen MR) is 110 cm³/mol. The summed E-state index contributed by atoms with van der Waals surface area (Å²) in [5.41, 5.74) is 5.08. The van der Waals surface area contributed by atoms with E-state index in [-0.39, 0.29) is 0 Å². The van der Waals surface area contributed by atoms with E-state index >= 15 is 0 Å². The Morgan fingerprint density at radius 2 is 1.79 bits per heavy atom. The zero-order valence-electron chi connectivity index (χ0n) is 13.9. The second kappa shape index (κ2) is 8.43. The molecule has 0 unspecified atom stereocenters. The maximum Gasteiger partial charge on any atom is 0.0264 e. The van der Waals surface area contributed by atoms with Gasteiger partial charge in [0.05, 0.1) is 0 Å². The van der Waals surface area contributed by atoms with Gasteiger partial charge in [-0.05, 0) is 41.3 Å². The van der Waals surface area contributed by atoms with Crippen molar-refractivity contribution in [2.75, 3.05) is 32.7 Å². The molecule has 0 amide bonds. The van der Waals surface area contributed by atoms with Crippen molar-refractivity contribution in [1.29, 1.82) is 0 Å². The second-order valence-corrected chi connectivity index (χ2v) is 7.91. The average Bonchev–Trinajstić information content (AvgIpc) is 2.61. The normalized spacial score (nSPS) is 16.4. The van der Waals surface area contributed by atoms with Crippen LogP contribution in [0.5, 0.6) is 0 Å². The number of nitrogens with one attached hydrogen (secondary N) is 1. The molecule has 3 rings (SSSR count). The van der Waals surface area contributed by atoms with Gasteiger partial charge in [0.1, 0.15) is 0 Å². The summed E-state index contributed by atoms with van der Waals surface area (Å²) in [6.45, 7) is 7.72. The number of halogens is 2. The maximum absolute atomic E-state index is 3.65. The number of benzene rings is 2. The van der Waals surface area contributed by atoms with Crippen LogP contribution in [0.25, 0.3) is 16.7 Å². The first-order valence-electron chi connectivity index (χ1n) is 8.29. The molecule has 1 fully saturated rings. The standard InChI is InChI=1S/C20H22Br2N2/c1-15(8-11-24-12-9-23-10-13-24)16-2-4-17(5-3-16)19-7-6-18(21)14-20(19)22/h2-8,14,23H,9-13H2,1H3/b15-8-. The molecular weight excluding hydrogens is 428 g/mol. The van der Waals surface area contributed by atoms with Gasteiger partial charge < -0.3 is 5.32 Å². The minimum Gasteiger partial charge on any atom is -0.314 e. The predicted octanol–water partition coefficient (Wildman–Crippen LogP) is 5.19. The van der Waals surface area contributed by atoms with Crippen LogP contribution in [0.2, 0.25) is 0 Å². The molecule has 24 heavy (non-hydrogen) atoms. The van der Waals surface area contributed by atoms with Gasteiger partial charge in [-0.3, -0.25) is 4.90 Å². The Morgan fingerprint density at radius 1 is 1.08 bits per heavy atom. The molecule has 2 aromatic rings. The van der Waals surface area contributed by atoms with Crippen LogP contribution in [0.15, 0.2) is 57.5 Å². The number of hydrogen-bond donors (Lipinski definition) is 1. The van der Waals surface area contributed by atoms with E-state index in [0.717, 1.165) is 41.7 Å². The first-order chi connectivity index (χ1) is 11.6. The molecule has 0 radical (unpaired) electrons. The number of allylic oxidation sites excluding steroid dienone is 1. The molecule has 1 aliphatic rings. The lowest BCUT2D eigenvalue weighted by Gasteiger charge is -2.26. The van der Waals surface area contributed by atoms with E-state index in [9.17, 15) is 0 Å². The third kappa shape index (κ3) is 4.57. The third-order valence-electron chi connectivity index (χ3n) is 4.45. The van der Waals surface area contributed by atoms with Gasteiger partial charge in [0, 0.05) is 41.7 Å². The van der Waals surface area contributed by atoms with Crippen LogP contribution in [0.3, 0.4) is 0 Å². The fourth-order valence-corrected chi connectivity index (χ4v) is 4.19. The third-order valence-corrected chi connectivity index (χ3v) is 5.60. The molecule has 0 bridgehead atoms. The monoisotopic (exact) mass is 448 g/mol. The Morgan fingerprint density at radius 3 is 2.46 bits per heavy atom. The van der Waals surface area contributed by atoms with E-state index in [0.29, 0.717) is 0 Å². The van der Waals surface area contributed by atoms with Gasteiger partial charge in [0.15, 0.2) is 0 Å². The van der Waals surface area contributed by atoms with E-state index < -0.39 is 0 Å². The highest BCUT2D eigenvalue weighted by molar-refractivity contribution is 9.11. The largest absolute Gasteiger partial charge is 0.314 e. The van der Waals surface area contributed by atoms with Crippen molar-refractivity contribution in [2.45, 2.75) is 6.92 Å². The number of piperazine rings is 1. The molecular formula is C20H22Br2N2. The van der Waals surface area contributed by atoms with Crippen LogP contribution in [0.1, 0.15) is 12.5 Å². The first kappa shape index (κ1) is 17.9. The van der Waals surface area contributed by atoms with Crippen LogP contribution in [-0.2, 0) is 0 Å². The Labute approximate surface area is 161 Å². The van der Waals surface area contributed by atoms with Crippen molar-refractivity contribution in [3.63, 3.8) is 0 Å². The van der Waals surface area contributed by atoms with Gasteiger partial charge in [-0.1, -0.05) is 68.3 Å². The number of hydrogen-bond acceptors (Lipinski definition) is 2. The Kier molecular flexibility index (Phi) is 6.28. The lowest BCUT2D eigenvalue weighted by atomic mass is 10.0. The van der Waals surface area contributed by atoms with E-state index in [1.807, 2.05) is 0 Å². The summed E-state index contributed by atoms with van der Waals surface area (Å²) < 4.78 is 2.19. The van der Waals surface area contributed by atoms with E-state index in [1.54, 1.807) is 0 Å². The quantitative estimate of drug-likeness (QED) is 0.691. The molecule has 126 valence electrons. The molecule has 0 aliphatic carbocycles. The molecule has 2 aromatic carbocycles. The summed E-state index contributed by atoms with van der Waals surface area (Å²) in [4.78, 5) is 2.49. The zero-order valence-corrected chi connectivity index (χ0v) is 17.0. The SMILES string of the molecule is C/C(=C/CN1CCNCC1)c1ccc(-c2ccc(Br)cc2Br)cc1. The Hall–Kier alpha value is -0.940. The summed E-state index contributed by atoms with van der Waals surface area (Å²) in [7, 11) is 0. The topological polar surface area (TPSA) is 15.3 Å². The van der Waals surface area contributed by atoms with E-state index in [2.05, 4.69) is 97.5 Å². The molecule has 0 atom stereocenters. The molecule has 4 heteroatoms. The molecule has 1 saturated heterocycles. The van der Waals surface area contributed by atoms with Gasteiger partial charge >= 0.3 is 0 Å². The minimum absolute atomic E-state index is 1.04. The lowest BCUT2D eigenvalue weighted by molar-refractivity contribution is 0.265. The number of nitrogens with zero attached hydrogens (tertiary/aromatic N) is 1. The minimum atomic E-state index is 1.04. The van der Waals surface area contributed by atoms with Crippen LogP contribution in [0.4, 0.5) is 0 Å². The molecule has 0 aromatic heterocycles. The summed E-state index contributed by atoms with van der Waals surface area (Å²) in [6.07, 6.45) is 2.34. The smallest absolute Gasteiger partial charge is 0.0264 e. The van der Waals surface area contributed by atoms with Gasteiger partial charge in [-0.15, -0.1) is 0 Å².